The summed E-state index contributed by atoms with van der Waals surface area (Å²) < 4.78 is 5.13. The van der Waals surface area contributed by atoms with Crippen molar-refractivity contribution in [3.63, 3.8) is 0 Å². The monoisotopic (exact) mass is 304 g/mol. The van der Waals surface area contributed by atoms with E-state index in [1.807, 2.05) is 30.3 Å². The molecule has 1 N–H and O–H groups in total. The standard InChI is InChI=1S/C17H24N2O3/c1-19(2)15(20)14(13-7-5-4-6-8-13)11-18-16(21)17(9-10-17)12-22-3/h4-8,14H,9-12H2,1-3H3,(H,18,21). The second-order valence-corrected chi connectivity index (χ2v) is 6.12. The van der Waals surface area contributed by atoms with Crippen LogP contribution in [0.15, 0.2) is 30.3 Å². The Balaban J connectivity index is 2.05. The van der Waals surface area contributed by atoms with Crippen molar-refractivity contribution in [2.24, 2.45) is 5.41 Å². The zero-order valence-electron chi connectivity index (χ0n) is 13.5. The fraction of sp³-hybridized carbons (Fsp3) is 0.529. The summed E-state index contributed by atoms with van der Waals surface area (Å²) in [4.78, 5) is 26.3. The predicted octanol–water partition coefficient (Wildman–Crippen LogP) is 1.40. The highest BCUT2D eigenvalue weighted by molar-refractivity contribution is 5.87. The summed E-state index contributed by atoms with van der Waals surface area (Å²) in [5.41, 5.74) is 0.537. The van der Waals surface area contributed by atoms with E-state index >= 15 is 0 Å². The number of methoxy groups -OCH3 is 1. The van der Waals surface area contributed by atoms with Crippen molar-refractivity contribution in [2.75, 3.05) is 34.4 Å². The van der Waals surface area contributed by atoms with E-state index in [-0.39, 0.29) is 23.1 Å². The Morgan fingerprint density at radius 2 is 1.91 bits per heavy atom. The zero-order chi connectivity index (χ0) is 16.2. The van der Waals surface area contributed by atoms with Gasteiger partial charge in [-0.15, -0.1) is 0 Å². The molecule has 1 saturated carbocycles. The number of ether oxygens (including phenoxy) is 1. The number of hydrogen-bond donors (Lipinski definition) is 1. The topological polar surface area (TPSA) is 58.6 Å². The van der Waals surface area contributed by atoms with Gasteiger partial charge in [0.15, 0.2) is 0 Å². The molecule has 1 unspecified atom stereocenters. The summed E-state index contributed by atoms with van der Waals surface area (Å²) in [6, 6.07) is 9.55. The second kappa shape index (κ2) is 6.92. The Morgan fingerprint density at radius 1 is 1.27 bits per heavy atom. The molecule has 0 aromatic heterocycles. The molecule has 120 valence electrons. The Labute approximate surface area is 131 Å². The summed E-state index contributed by atoms with van der Waals surface area (Å²) in [5, 5.41) is 2.94. The fourth-order valence-electron chi connectivity index (χ4n) is 2.59. The fourth-order valence-corrected chi connectivity index (χ4v) is 2.59. The predicted molar refractivity (Wildman–Crippen MR) is 84.4 cm³/mol. The van der Waals surface area contributed by atoms with Crippen LogP contribution in [-0.2, 0) is 14.3 Å². The minimum atomic E-state index is -0.378. The molecule has 2 rings (SSSR count). The number of rotatable bonds is 7. The van der Waals surface area contributed by atoms with Crippen LogP contribution in [0.4, 0.5) is 0 Å². The van der Waals surface area contributed by atoms with Gasteiger partial charge in [-0.2, -0.15) is 0 Å². The SMILES string of the molecule is COCC1(C(=O)NCC(C(=O)N(C)C)c2ccccc2)CC1. The van der Waals surface area contributed by atoms with Crippen LogP contribution in [0.25, 0.3) is 0 Å². The lowest BCUT2D eigenvalue weighted by Gasteiger charge is -2.22. The average Bonchev–Trinajstić information content (AvgIpc) is 3.29. The Kier molecular flexibility index (Phi) is 5.19. The van der Waals surface area contributed by atoms with Crippen molar-refractivity contribution < 1.29 is 14.3 Å². The molecular weight excluding hydrogens is 280 g/mol. The summed E-state index contributed by atoms with van der Waals surface area (Å²) in [7, 11) is 5.07. The summed E-state index contributed by atoms with van der Waals surface area (Å²) in [5.74, 6) is -0.386. The van der Waals surface area contributed by atoms with E-state index in [9.17, 15) is 9.59 Å². The Morgan fingerprint density at radius 3 is 2.41 bits per heavy atom. The number of benzene rings is 1. The smallest absolute Gasteiger partial charge is 0.231 e. The van der Waals surface area contributed by atoms with E-state index in [1.165, 1.54) is 0 Å². The van der Waals surface area contributed by atoms with Gasteiger partial charge in [0.05, 0.1) is 17.9 Å². The lowest BCUT2D eigenvalue weighted by atomic mass is 9.97. The molecule has 1 aliphatic carbocycles. The largest absolute Gasteiger partial charge is 0.384 e. The van der Waals surface area contributed by atoms with Crippen molar-refractivity contribution in [3.05, 3.63) is 35.9 Å². The molecule has 1 aromatic carbocycles. The highest BCUT2D eigenvalue weighted by Crippen LogP contribution is 2.46. The van der Waals surface area contributed by atoms with Gasteiger partial charge in [0.2, 0.25) is 11.8 Å². The van der Waals surface area contributed by atoms with Crippen molar-refractivity contribution in [1.82, 2.24) is 10.2 Å². The molecule has 0 spiro atoms. The van der Waals surface area contributed by atoms with Crippen molar-refractivity contribution >= 4 is 11.8 Å². The van der Waals surface area contributed by atoms with Gasteiger partial charge in [-0.3, -0.25) is 9.59 Å². The molecule has 5 nitrogen and oxygen atoms in total. The van der Waals surface area contributed by atoms with E-state index < -0.39 is 0 Å². The second-order valence-electron chi connectivity index (χ2n) is 6.12. The number of likely N-dealkylation sites (N-methyl/N-ethyl adjacent to an activating group) is 1. The lowest BCUT2D eigenvalue weighted by Crippen LogP contribution is -2.41. The van der Waals surface area contributed by atoms with Crippen LogP contribution < -0.4 is 5.32 Å². The first-order chi connectivity index (χ1) is 10.5. The first-order valence-corrected chi connectivity index (χ1v) is 7.53. The highest BCUT2D eigenvalue weighted by Gasteiger charge is 2.49. The van der Waals surface area contributed by atoms with Gasteiger partial charge in [0.25, 0.3) is 0 Å². The number of nitrogens with zero attached hydrogens (tertiary/aromatic N) is 1. The minimum absolute atomic E-state index is 0.0110. The van der Waals surface area contributed by atoms with Gasteiger partial charge in [-0.1, -0.05) is 30.3 Å². The Hall–Kier alpha value is -1.88. The Bertz CT molecular complexity index is 524. The maximum atomic E-state index is 12.4. The van der Waals surface area contributed by atoms with E-state index in [0.717, 1.165) is 18.4 Å². The first-order valence-electron chi connectivity index (χ1n) is 7.53. The summed E-state index contributed by atoms with van der Waals surface area (Å²) >= 11 is 0. The zero-order valence-corrected chi connectivity index (χ0v) is 13.5. The van der Waals surface area contributed by atoms with Gasteiger partial charge in [-0.05, 0) is 18.4 Å². The quantitative estimate of drug-likeness (QED) is 0.828. The molecular formula is C17H24N2O3. The summed E-state index contributed by atoms with van der Waals surface area (Å²) in [6.45, 7) is 0.752. The third kappa shape index (κ3) is 3.65. The van der Waals surface area contributed by atoms with Crippen LogP contribution >= 0.6 is 0 Å². The lowest BCUT2D eigenvalue weighted by molar-refractivity contribution is -0.131. The molecule has 1 aromatic rings. The first kappa shape index (κ1) is 16.5. The molecule has 1 atom stereocenters. The van der Waals surface area contributed by atoms with Crippen molar-refractivity contribution in [1.29, 1.82) is 0 Å². The van der Waals surface area contributed by atoms with Crippen LogP contribution in [0.5, 0.6) is 0 Å². The third-order valence-corrected chi connectivity index (χ3v) is 4.16. The van der Waals surface area contributed by atoms with E-state index in [1.54, 1.807) is 26.1 Å². The van der Waals surface area contributed by atoms with E-state index in [0.29, 0.717) is 13.2 Å². The van der Waals surface area contributed by atoms with Gasteiger partial charge in [-0.25, -0.2) is 0 Å². The average molecular weight is 304 g/mol. The van der Waals surface area contributed by atoms with Crippen LogP contribution in [0.3, 0.4) is 0 Å². The molecule has 2 amide bonds. The summed E-state index contributed by atoms with van der Waals surface area (Å²) in [6.07, 6.45) is 1.70. The number of carbonyl (C=O) groups is 2. The van der Waals surface area contributed by atoms with Crippen molar-refractivity contribution in [2.45, 2.75) is 18.8 Å². The maximum absolute atomic E-state index is 12.4. The van der Waals surface area contributed by atoms with Crippen LogP contribution in [0.1, 0.15) is 24.3 Å². The van der Waals surface area contributed by atoms with Gasteiger partial charge >= 0.3 is 0 Å². The molecule has 0 heterocycles. The van der Waals surface area contributed by atoms with Crippen LogP contribution in [0, 0.1) is 5.41 Å². The molecule has 22 heavy (non-hydrogen) atoms. The molecule has 0 bridgehead atoms. The normalized spacial score (nSPS) is 16.7. The molecule has 0 saturated heterocycles. The van der Waals surface area contributed by atoms with Gasteiger partial charge < -0.3 is 15.0 Å². The van der Waals surface area contributed by atoms with Crippen LogP contribution in [-0.4, -0.2) is 51.1 Å². The number of carbonyl (C=O) groups excluding carboxylic acids is 2. The van der Waals surface area contributed by atoms with Crippen LogP contribution in [0.2, 0.25) is 0 Å². The number of nitrogens with one attached hydrogen (secondary N) is 1. The molecule has 0 radical (unpaired) electrons. The van der Waals surface area contributed by atoms with Crippen molar-refractivity contribution in [3.8, 4) is 0 Å². The minimum Gasteiger partial charge on any atom is -0.384 e. The number of hydrogen-bond acceptors (Lipinski definition) is 3. The maximum Gasteiger partial charge on any atom is 0.231 e. The molecule has 5 heteroatoms. The van der Waals surface area contributed by atoms with Gasteiger partial charge in [0.1, 0.15) is 0 Å². The highest BCUT2D eigenvalue weighted by atomic mass is 16.5. The number of amides is 2. The van der Waals surface area contributed by atoms with Gasteiger partial charge in [0, 0.05) is 27.7 Å². The molecule has 1 fully saturated rings. The van der Waals surface area contributed by atoms with E-state index in [2.05, 4.69) is 5.32 Å². The molecule has 1 aliphatic rings. The molecule has 0 aliphatic heterocycles. The van der Waals surface area contributed by atoms with E-state index in [4.69, 9.17) is 4.74 Å². The third-order valence-electron chi connectivity index (χ3n) is 4.16.